The summed E-state index contributed by atoms with van der Waals surface area (Å²) in [5.74, 6) is 3.79. The number of nitrogens with one attached hydrogen (secondary N) is 2. The molecule has 3 atom stereocenters. The zero-order valence-corrected chi connectivity index (χ0v) is 31.6. The third-order valence-electron chi connectivity index (χ3n) is 10.2. The normalized spacial score (nSPS) is 20.8. The van der Waals surface area contributed by atoms with E-state index in [1.54, 1.807) is 0 Å². The predicted molar refractivity (Wildman–Crippen MR) is 210 cm³/mol. The van der Waals surface area contributed by atoms with Gasteiger partial charge < -0.3 is 15.6 Å². The number of anilines is 2. The van der Waals surface area contributed by atoms with Gasteiger partial charge in [-0.1, -0.05) is 84.2 Å². The highest BCUT2D eigenvalue weighted by Crippen LogP contribution is 2.51. The minimum absolute atomic E-state index is 0.144. The summed E-state index contributed by atoms with van der Waals surface area (Å²) in [6.45, 7) is 16.2. The molecule has 0 amide bonds. The molecule has 2 fully saturated rings. The number of H-pyrrole nitrogens is 1. The van der Waals surface area contributed by atoms with Crippen LogP contribution in [0.1, 0.15) is 101 Å². The maximum atomic E-state index is 11.3. The summed E-state index contributed by atoms with van der Waals surface area (Å²) in [7, 11) is 2.20. The van der Waals surface area contributed by atoms with Crippen LogP contribution >= 0.6 is 12.6 Å². The number of aromatic amines is 1. The van der Waals surface area contributed by atoms with Crippen molar-refractivity contribution in [1.29, 1.82) is 0 Å². The van der Waals surface area contributed by atoms with Crippen LogP contribution in [0, 0.1) is 31.6 Å². The lowest BCUT2D eigenvalue weighted by Crippen LogP contribution is -2.31. The Labute approximate surface area is 298 Å². The molecule has 2 aromatic heterocycles. The van der Waals surface area contributed by atoms with Gasteiger partial charge in [-0.3, -0.25) is 9.78 Å². The summed E-state index contributed by atoms with van der Waals surface area (Å²) in [5.41, 5.74) is 14.8. The Morgan fingerprint density at radius 3 is 2.29 bits per heavy atom. The minimum Gasteiger partial charge on any atom is -0.377 e. The molecule has 2 saturated carbocycles. The molecule has 1 aliphatic heterocycles. The van der Waals surface area contributed by atoms with Gasteiger partial charge in [0.2, 0.25) is 5.95 Å². The molecule has 0 saturated heterocycles. The van der Waals surface area contributed by atoms with E-state index in [4.69, 9.17) is 10.7 Å². The number of nitrogens with two attached hydrogens (primary N) is 1. The van der Waals surface area contributed by atoms with Crippen molar-refractivity contribution in [2.75, 3.05) is 17.6 Å². The predicted octanol–water partition coefficient (Wildman–Crippen LogP) is 9.77. The second-order valence-corrected chi connectivity index (χ2v) is 15.9. The van der Waals surface area contributed by atoms with Crippen LogP contribution in [0.3, 0.4) is 0 Å². The Hall–Kier alpha value is -3.78. The van der Waals surface area contributed by atoms with E-state index in [2.05, 4.69) is 104 Å². The number of aromatic nitrogens is 3. The number of rotatable bonds is 4. The Balaban J connectivity index is 0.000000197. The molecule has 3 unspecified atom stereocenters. The fourth-order valence-corrected chi connectivity index (χ4v) is 7.77. The molecule has 3 aliphatic rings. The number of nitrogen functional groups attached to an aromatic ring is 1. The molecule has 262 valence electrons. The summed E-state index contributed by atoms with van der Waals surface area (Å²) in [6.07, 6.45) is 7.75. The van der Waals surface area contributed by atoms with Gasteiger partial charge in [-0.25, -0.2) is 9.98 Å². The highest BCUT2D eigenvalue weighted by Gasteiger charge is 2.43. The van der Waals surface area contributed by atoms with E-state index in [0.717, 1.165) is 39.9 Å². The number of fused-ring (bicyclic) bond motifs is 1. The third kappa shape index (κ3) is 8.69. The molecular formula is C41H56N6OS. The highest BCUT2D eigenvalue weighted by atomic mass is 32.1. The van der Waals surface area contributed by atoms with E-state index in [1.807, 2.05) is 32.0 Å². The van der Waals surface area contributed by atoms with Gasteiger partial charge in [0.1, 0.15) is 0 Å². The molecule has 2 aromatic carbocycles. The van der Waals surface area contributed by atoms with E-state index in [0.29, 0.717) is 28.9 Å². The van der Waals surface area contributed by atoms with Crippen molar-refractivity contribution in [3.8, 4) is 11.3 Å². The lowest BCUT2D eigenvalue weighted by atomic mass is 9.74. The van der Waals surface area contributed by atoms with Gasteiger partial charge in [-0.15, -0.1) is 12.6 Å². The first kappa shape index (κ1) is 36.5. The maximum Gasteiger partial charge on any atom is 0.252 e. The van der Waals surface area contributed by atoms with Crippen LogP contribution in [0.5, 0.6) is 0 Å². The number of aliphatic imine (C=N–C) groups is 1. The van der Waals surface area contributed by atoms with E-state index >= 15 is 0 Å². The van der Waals surface area contributed by atoms with Crippen molar-refractivity contribution in [2.24, 2.45) is 29.8 Å². The first-order valence-electron chi connectivity index (χ1n) is 18.0. The molecular weight excluding hydrogens is 625 g/mol. The van der Waals surface area contributed by atoms with Gasteiger partial charge >= 0.3 is 0 Å². The smallest absolute Gasteiger partial charge is 0.252 e. The van der Waals surface area contributed by atoms with Crippen LogP contribution in [0.15, 0.2) is 69.3 Å². The van der Waals surface area contributed by atoms with Crippen LogP contribution in [-0.4, -0.2) is 26.8 Å². The fraction of sp³-hybridized carbons (Fsp3) is 0.488. The van der Waals surface area contributed by atoms with Crippen molar-refractivity contribution in [2.45, 2.75) is 103 Å². The van der Waals surface area contributed by atoms with Crippen LogP contribution in [0.4, 0.5) is 17.5 Å². The number of thiol groups is 1. The monoisotopic (exact) mass is 680 g/mol. The van der Waals surface area contributed by atoms with E-state index in [9.17, 15) is 4.79 Å². The molecule has 0 spiro atoms. The van der Waals surface area contributed by atoms with Crippen molar-refractivity contribution >= 4 is 35.8 Å². The second kappa shape index (κ2) is 15.4. The van der Waals surface area contributed by atoms with E-state index in [-0.39, 0.29) is 11.5 Å². The molecule has 0 radical (unpaired) electrons. The van der Waals surface area contributed by atoms with Gasteiger partial charge in [-0.05, 0) is 85.8 Å². The number of hydrogen-bond donors (Lipinski definition) is 4. The largest absolute Gasteiger partial charge is 0.377 e. The number of hydrogen-bond acceptors (Lipinski definition) is 6. The van der Waals surface area contributed by atoms with Gasteiger partial charge in [0.15, 0.2) is 5.82 Å². The summed E-state index contributed by atoms with van der Waals surface area (Å²) in [6, 6.07) is 18.6. The van der Waals surface area contributed by atoms with Crippen LogP contribution in [0.2, 0.25) is 0 Å². The summed E-state index contributed by atoms with van der Waals surface area (Å²) >= 11 is 4.63. The maximum absolute atomic E-state index is 11.3. The van der Waals surface area contributed by atoms with Crippen molar-refractivity contribution < 1.29 is 0 Å². The Morgan fingerprint density at radius 1 is 1.00 bits per heavy atom. The number of nitrogens with zero attached hydrogens (tertiary/aromatic N) is 3. The van der Waals surface area contributed by atoms with Gasteiger partial charge in [0.25, 0.3) is 5.56 Å². The molecule has 3 heterocycles. The van der Waals surface area contributed by atoms with Gasteiger partial charge in [0, 0.05) is 46.3 Å². The molecule has 8 heteroatoms. The molecule has 4 aromatic rings. The van der Waals surface area contributed by atoms with Crippen molar-refractivity contribution in [1.82, 2.24) is 14.5 Å². The second-order valence-electron chi connectivity index (χ2n) is 15.3. The zero-order valence-electron chi connectivity index (χ0n) is 30.7. The SMILES string of the molecule is CC(C)C.CC1CCCCC(C2=Nc3c(cc(C4(C)CC4)n3C)NC2)C1c1cccc(S)c1.Cc1cccc(C)c1-c1cc(=O)[nH]c(N)n1. The van der Waals surface area contributed by atoms with Crippen molar-refractivity contribution in [3.05, 3.63) is 87.3 Å². The molecule has 7 nitrogen and oxygen atoms in total. The quantitative estimate of drug-likeness (QED) is 0.127. The first-order chi connectivity index (χ1) is 23.3. The molecule has 2 aliphatic carbocycles. The molecule has 49 heavy (non-hydrogen) atoms. The van der Waals surface area contributed by atoms with Gasteiger partial charge in [0.05, 0.1) is 17.9 Å². The summed E-state index contributed by atoms with van der Waals surface area (Å²) in [5, 5.41) is 3.72. The number of aryl methyl sites for hydroxylation is 2. The average Bonchev–Trinajstić information content (AvgIpc) is 3.73. The van der Waals surface area contributed by atoms with Crippen LogP contribution in [0.25, 0.3) is 11.3 Å². The zero-order chi connectivity index (χ0) is 35.5. The van der Waals surface area contributed by atoms with Crippen LogP contribution < -0.4 is 16.6 Å². The topological polar surface area (TPSA) is 101 Å². The highest BCUT2D eigenvalue weighted by molar-refractivity contribution is 7.80. The Bertz CT molecular complexity index is 1830. The summed E-state index contributed by atoms with van der Waals surface area (Å²) in [4.78, 5) is 24.3. The van der Waals surface area contributed by atoms with Crippen molar-refractivity contribution in [3.63, 3.8) is 0 Å². The Morgan fingerprint density at radius 2 is 1.65 bits per heavy atom. The lowest BCUT2D eigenvalue weighted by Gasteiger charge is -2.33. The average molecular weight is 681 g/mol. The molecule has 4 N–H and O–H groups in total. The summed E-state index contributed by atoms with van der Waals surface area (Å²) < 4.78 is 2.35. The fourth-order valence-electron chi connectivity index (χ4n) is 7.53. The number of benzene rings is 2. The third-order valence-corrected chi connectivity index (χ3v) is 10.5. The first-order valence-corrected chi connectivity index (χ1v) is 18.5. The molecule has 0 bridgehead atoms. The Kier molecular flexibility index (Phi) is 11.5. The minimum atomic E-state index is -0.231. The lowest BCUT2D eigenvalue weighted by molar-refractivity contribution is 0.390. The van der Waals surface area contributed by atoms with E-state index < -0.39 is 0 Å². The standard InChI is InChI=1S/C25H33N3S.C12H13N3O.C4H10/c1-16-7-4-5-10-19(23(16)17-8-6-9-18(29)13-17)21-15-26-20-14-22(25(2)11-12-25)28(3)24(20)27-21;1-7-4-3-5-8(2)11(7)9-6-10(16)15-12(13)14-9;1-4(2)3/h6,8-9,13-14,16,19,23,26,29H,4-5,7,10-12,15H2,1-3H3;3-6H,1-2H3,(H3,13,14,15,16);4H,1-3H3. The van der Waals surface area contributed by atoms with E-state index in [1.165, 1.54) is 67.2 Å². The van der Waals surface area contributed by atoms with Crippen LogP contribution in [-0.2, 0) is 12.5 Å². The molecule has 7 rings (SSSR count). The van der Waals surface area contributed by atoms with Gasteiger partial charge in [-0.2, -0.15) is 0 Å².